The van der Waals surface area contributed by atoms with Gasteiger partial charge < -0.3 is 19.2 Å². The van der Waals surface area contributed by atoms with Gasteiger partial charge in [-0.2, -0.15) is 4.98 Å². The fourth-order valence-electron chi connectivity index (χ4n) is 2.66. The first kappa shape index (κ1) is 19.7. The van der Waals surface area contributed by atoms with Crippen LogP contribution < -0.4 is 14.8 Å². The number of anilines is 1. The van der Waals surface area contributed by atoms with Crippen LogP contribution in [0.3, 0.4) is 0 Å². The smallest absolute Gasteiger partial charge is 0.400 e. The summed E-state index contributed by atoms with van der Waals surface area (Å²) < 4.78 is 30.4. The number of rotatable bonds is 6. The molecule has 0 radical (unpaired) electrons. The molecule has 1 amide bonds. The van der Waals surface area contributed by atoms with Crippen LogP contribution in [0.25, 0.3) is 11.1 Å². The van der Waals surface area contributed by atoms with Gasteiger partial charge in [0.05, 0.1) is 5.69 Å². The van der Waals surface area contributed by atoms with E-state index in [1.54, 1.807) is 61.5 Å². The largest absolute Gasteiger partial charge is 0.481 e. The topological polar surface area (TPSA) is 73.6 Å². The second-order valence-electron chi connectivity index (χ2n) is 6.39. The second-order valence-corrected chi connectivity index (χ2v) is 6.83. The molecule has 0 saturated heterocycles. The number of oxazole rings is 1. The molecule has 1 atom stereocenters. The minimum Gasteiger partial charge on any atom is -0.481 e. The summed E-state index contributed by atoms with van der Waals surface area (Å²) in [6, 6.07) is 17.6. The van der Waals surface area contributed by atoms with Gasteiger partial charge in [-0.1, -0.05) is 23.7 Å². The molecule has 4 rings (SSSR count). The number of nitrogens with one attached hydrogen (secondary N) is 1. The molecule has 1 heterocycles. The lowest BCUT2D eigenvalue weighted by Crippen LogP contribution is -2.30. The van der Waals surface area contributed by atoms with E-state index < -0.39 is 17.8 Å². The molecule has 1 aromatic heterocycles. The van der Waals surface area contributed by atoms with Gasteiger partial charge in [0, 0.05) is 11.1 Å². The highest BCUT2D eigenvalue weighted by atomic mass is 35.5. The molecular formula is C22H16ClFN2O4. The van der Waals surface area contributed by atoms with Gasteiger partial charge in [0.1, 0.15) is 22.8 Å². The summed E-state index contributed by atoms with van der Waals surface area (Å²) in [4.78, 5) is 16.5. The van der Waals surface area contributed by atoms with Crippen LogP contribution in [0.5, 0.6) is 17.6 Å². The maximum absolute atomic E-state index is 13.7. The molecule has 0 bridgehead atoms. The highest BCUT2D eigenvalue weighted by molar-refractivity contribution is 6.31. The van der Waals surface area contributed by atoms with Crippen LogP contribution in [0.15, 0.2) is 71.1 Å². The Morgan fingerprint density at radius 1 is 1.10 bits per heavy atom. The molecule has 8 heteroatoms. The number of aromatic nitrogens is 1. The van der Waals surface area contributed by atoms with E-state index in [9.17, 15) is 9.18 Å². The van der Waals surface area contributed by atoms with E-state index >= 15 is 0 Å². The number of nitrogens with zero attached hydrogens (tertiary/aromatic N) is 1. The van der Waals surface area contributed by atoms with Gasteiger partial charge in [-0.25, -0.2) is 4.39 Å². The summed E-state index contributed by atoms with van der Waals surface area (Å²) in [7, 11) is 0. The van der Waals surface area contributed by atoms with Crippen molar-refractivity contribution in [2.24, 2.45) is 0 Å². The highest BCUT2D eigenvalue weighted by Gasteiger charge is 2.16. The Labute approximate surface area is 176 Å². The molecule has 30 heavy (non-hydrogen) atoms. The third-order valence-electron chi connectivity index (χ3n) is 4.17. The van der Waals surface area contributed by atoms with Crippen molar-refractivity contribution in [2.45, 2.75) is 13.0 Å². The zero-order valence-corrected chi connectivity index (χ0v) is 16.5. The highest BCUT2D eigenvalue weighted by Crippen LogP contribution is 2.28. The van der Waals surface area contributed by atoms with Crippen molar-refractivity contribution < 1.29 is 23.1 Å². The average molecular weight is 427 g/mol. The van der Waals surface area contributed by atoms with Crippen molar-refractivity contribution in [2.75, 3.05) is 5.32 Å². The molecule has 4 aromatic rings. The van der Waals surface area contributed by atoms with Crippen LogP contribution >= 0.6 is 11.6 Å². The number of amides is 1. The molecule has 0 aliphatic heterocycles. The third kappa shape index (κ3) is 4.52. The van der Waals surface area contributed by atoms with Crippen molar-refractivity contribution in [3.63, 3.8) is 0 Å². The first-order valence-corrected chi connectivity index (χ1v) is 9.42. The Bertz CT molecular complexity index is 1190. The predicted molar refractivity (Wildman–Crippen MR) is 111 cm³/mol. The fraction of sp³-hybridized carbons (Fsp3) is 0.0909. The first-order valence-electron chi connectivity index (χ1n) is 9.04. The Kier molecular flexibility index (Phi) is 5.54. The second kappa shape index (κ2) is 8.42. The number of benzene rings is 3. The molecule has 152 valence electrons. The van der Waals surface area contributed by atoms with Gasteiger partial charge in [0.2, 0.25) is 0 Å². The minimum absolute atomic E-state index is 0.0820. The molecule has 0 aliphatic carbocycles. The molecule has 1 N–H and O–H groups in total. The Morgan fingerprint density at radius 3 is 2.60 bits per heavy atom. The molecule has 0 saturated carbocycles. The predicted octanol–water partition coefficient (Wildman–Crippen LogP) is 5.82. The van der Waals surface area contributed by atoms with E-state index in [0.29, 0.717) is 27.6 Å². The summed E-state index contributed by atoms with van der Waals surface area (Å²) in [5.41, 5.74) is 1.25. The molecule has 0 unspecified atom stereocenters. The van der Waals surface area contributed by atoms with E-state index in [2.05, 4.69) is 10.3 Å². The van der Waals surface area contributed by atoms with Crippen LogP contribution in [0.4, 0.5) is 10.1 Å². The maximum Gasteiger partial charge on any atom is 0.400 e. The van der Waals surface area contributed by atoms with Crippen LogP contribution in [0, 0.1) is 5.82 Å². The summed E-state index contributed by atoms with van der Waals surface area (Å²) in [6.45, 7) is 1.57. The van der Waals surface area contributed by atoms with Crippen molar-refractivity contribution in [3.8, 4) is 17.6 Å². The number of para-hydroxylation sites is 1. The van der Waals surface area contributed by atoms with Gasteiger partial charge in [-0.3, -0.25) is 4.79 Å². The summed E-state index contributed by atoms with van der Waals surface area (Å²) in [5, 5.41) is 3.04. The van der Waals surface area contributed by atoms with E-state index in [1.807, 2.05) is 0 Å². The van der Waals surface area contributed by atoms with E-state index in [1.165, 1.54) is 12.1 Å². The van der Waals surface area contributed by atoms with Gasteiger partial charge in [-0.15, -0.1) is 0 Å². The number of halogens is 2. The van der Waals surface area contributed by atoms with Gasteiger partial charge >= 0.3 is 6.08 Å². The van der Waals surface area contributed by atoms with Gasteiger partial charge in [0.15, 0.2) is 11.7 Å². The SMILES string of the molecule is C[C@H](Oc1ccc(Oc2nc3ccc(Cl)cc3o2)cc1)C(=O)Nc1ccccc1F. The summed E-state index contributed by atoms with van der Waals surface area (Å²) in [6.07, 6.45) is -0.753. The van der Waals surface area contributed by atoms with E-state index in [0.717, 1.165) is 0 Å². The number of hydrogen-bond acceptors (Lipinski definition) is 5. The molecule has 0 aliphatic rings. The average Bonchev–Trinajstić information content (AvgIpc) is 3.12. The lowest BCUT2D eigenvalue weighted by molar-refractivity contribution is -0.122. The van der Waals surface area contributed by atoms with E-state index in [4.69, 9.17) is 25.5 Å². The zero-order chi connectivity index (χ0) is 21.1. The molecular weight excluding hydrogens is 411 g/mol. The number of carbonyl (C=O) groups is 1. The van der Waals surface area contributed by atoms with Crippen molar-refractivity contribution in [3.05, 3.63) is 77.6 Å². The van der Waals surface area contributed by atoms with Crippen molar-refractivity contribution in [1.29, 1.82) is 0 Å². The normalized spacial score (nSPS) is 11.8. The van der Waals surface area contributed by atoms with Crippen molar-refractivity contribution in [1.82, 2.24) is 4.98 Å². The summed E-state index contributed by atoms with van der Waals surface area (Å²) >= 11 is 5.93. The van der Waals surface area contributed by atoms with Crippen LogP contribution in [0.2, 0.25) is 5.02 Å². The van der Waals surface area contributed by atoms with Gasteiger partial charge in [-0.05, 0) is 55.5 Å². The number of carbonyl (C=O) groups excluding carboxylic acids is 1. The Hall–Kier alpha value is -3.58. The number of hydrogen-bond donors (Lipinski definition) is 1. The van der Waals surface area contributed by atoms with Crippen LogP contribution in [-0.2, 0) is 4.79 Å². The lowest BCUT2D eigenvalue weighted by atomic mass is 10.2. The fourth-order valence-corrected chi connectivity index (χ4v) is 2.82. The standard InChI is InChI=1S/C22H16ClFN2O4/c1-13(21(27)25-18-5-3-2-4-17(18)24)28-15-7-9-16(10-8-15)29-22-26-19-11-6-14(23)12-20(19)30-22/h2-13H,1H3,(H,25,27)/t13-/m0/s1. The Balaban J connectivity index is 1.37. The number of fused-ring (bicyclic) bond motifs is 1. The minimum atomic E-state index is -0.835. The Morgan fingerprint density at radius 2 is 1.83 bits per heavy atom. The van der Waals surface area contributed by atoms with Gasteiger partial charge in [0.25, 0.3) is 5.91 Å². The van der Waals surface area contributed by atoms with Crippen LogP contribution in [-0.4, -0.2) is 17.0 Å². The van der Waals surface area contributed by atoms with Crippen molar-refractivity contribution >= 4 is 34.3 Å². The van der Waals surface area contributed by atoms with E-state index in [-0.39, 0.29) is 11.8 Å². The van der Waals surface area contributed by atoms with Crippen LogP contribution in [0.1, 0.15) is 6.92 Å². The summed E-state index contributed by atoms with van der Waals surface area (Å²) in [5.74, 6) is -0.0575. The molecule has 6 nitrogen and oxygen atoms in total. The maximum atomic E-state index is 13.7. The zero-order valence-electron chi connectivity index (χ0n) is 15.8. The molecule has 3 aromatic carbocycles. The first-order chi connectivity index (χ1) is 14.5. The number of ether oxygens (including phenoxy) is 2. The molecule has 0 fully saturated rings. The lowest BCUT2D eigenvalue weighted by Gasteiger charge is -2.15. The third-order valence-corrected chi connectivity index (χ3v) is 4.41. The monoisotopic (exact) mass is 426 g/mol. The molecule has 0 spiro atoms. The quantitative estimate of drug-likeness (QED) is 0.420.